The van der Waals surface area contributed by atoms with Crippen molar-refractivity contribution < 1.29 is 4.74 Å². The molecule has 2 atom stereocenters. The van der Waals surface area contributed by atoms with Crippen molar-refractivity contribution in [3.8, 4) is 0 Å². The molecule has 0 radical (unpaired) electrons. The van der Waals surface area contributed by atoms with Crippen LogP contribution in [0, 0.1) is 6.92 Å². The highest BCUT2D eigenvalue weighted by Gasteiger charge is 2.27. The van der Waals surface area contributed by atoms with E-state index >= 15 is 0 Å². The first kappa shape index (κ1) is 14.8. The van der Waals surface area contributed by atoms with Gasteiger partial charge in [-0.05, 0) is 13.5 Å². The minimum absolute atomic E-state index is 0.0540. The summed E-state index contributed by atoms with van der Waals surface area (Å²) in [6.07, 6.45) is 0.762. The lowest BCUT2D eigenvalue weighted by molar-refractivity contribution is -0.0387. The fourth-order valence-electron chi connectivity index (χ4n) is 2.53. The van der Waals surface area contributed by atoms with Gasteiger partial charge in [0.05, 0.1) is 29.1 Å². The molecule has 1 aromatic rings. The van der Waals surface area contributed by atoms with Gasteiger partial charge in [-0.15, -0.1) is 0 Å². The van der Waals surface area contributed by atoms with Crippen LogP contribution in [0.5, 0.6) is 0 Å². The number of morpholine rings is 1. The number of hydrogen-bond acceptors (Lipinski definition) is 4. The molecule has 0 amide bonds. The number of aryl methyl sites for hydroxylation is 2. The van der Waals surface area contributed by atoms with Gasteiger partial charge in [-0.3, -0.25) is 9.58 Å². The van der Waals surface area contributed by atoms with Crippen LogP contribution in [0.4, 0.5) is 0 Å². The molecule has 0 aromatic carbocycles. The van der Waals surface area contributed by atoms with Crippen molar-refractivity contribution in [1.82, 2.24) is 14.7 Å². The van der Waals surface area contributed by atoms with Crippen LogP contribution < -0.4 is 5.73 Å². The minimum Gasteiger partial charge on any atom is -0.374 e. The molecular formula is C13H23ClN4O. The van der Waals surface area contributed by atoms with Gasteiger partial charge in [0.2, 0.25) is 0 Å². The first-order valence-electron chi connectivity index (χ1n) is 6.80. The van der Waals surface area contributed by atoms with E-state index in [-0.39, 0.29) is 12.1 Å². The van der Waals surface area contributed by atoms with Crippen molar-refractivity contribution in [3.05, 3.63) is 16.4 Å². The first-order valence-corrected chi connectivity index (χ1v) is 7.18. The maximum Gasteiger partial charge on any atom is 0.0856 e. The molecule has 1 saturated heterocycles. The Morgan fingerprint density at radius 2 is 2.32 bits per heavy atom. The summed E-state index contributed by atoms with van der Waals surface area (Å²) < 4.78 is 7.61. The second kappa shape index (κ2) is 6.22. The molecule has 19 heavy (non-hydrogen) atoms. The van der Waals surface area contributed by atoms with Crippen molar-refractivity contribution in [2.24, 2.45) is 12.8 Å². The van der Waals surface area contributed by atoms with Crippen LogP contribution in [0.15, 0.2) is 0 Å². The molecule has 108 valence electrons. The van der Waals surface area contributed by atoms with Gasteiger partial charge < -0.3 is 10.5 Å². The second-order valence-electron chi connectivity index (χ2n) is 5.14. The van der Waals surface area contributed by atoms with E-state index in [1.165, 1.54) is 0 Å². The van der Waals surface area contributed by atoms with E-state index < -0.39 is 0 Å². The maximum atomic E-state index is 6.29. The van der Waals surface area contributed by atoms with Gasteiger partial charge in [-0.2, -0.15) is 5.10 Å². The Kier molecular flexibility index (Phi) is 4.84. The van der Waals surface area contributed by atoms with E-state index in [1.807, 2.05) is 18.7 Å². The topological polar surface area (TPSA) is 56.3 Å². The molecule has 2 heterocycles. The van der Waals surface area contributed by atoms with Gasteiger partial charge in [0.15, 0.2) is 0 Å². The fourth-order valence-corrected chi connectivity index (χ4v) is 2.77. The van der Waals surface area contributed by atoms with Crippen LogP contribution in [0.1, 0.15) is 18.3 Å². The molecule has 5 nitrogen and oxygen atoms in total. The van der Waals surface area contributed by atoms with Crippen LogP contribution in [-0.4, -0.2) is 53.1 Å². The van der Waals surface area contributed by atoms with E-state index in [0.29, 0.717) is 6.42 Å². The van der Waals surface area contributed by atoms with Gasteiger partial charge in [-0.1, -0.05) is 18.5 Å². The zero-order chi connectivity index (χ0) is 14.0. The first-order chi connectivity index (χ1) is 9.02. The Labute approximate surface area is 119 Å². The third-order valence-corrected chi connectivity index (χ3v) is 4.28. The van der Waals surface area contributed by atoms with E-state index in [9.17, 15) is 0 Å². The van der Waals surface area contributed by atoms with Crippen molar-refractivity contribution in [1.29, 1.82) is 0 Å². The minimum atomic E-state index is -0.0540. The van der Waals surface area contributed by atoms with E-state index in [2.05, 4.69) is 16.9 Å². The summed E-state index contributed by atoms with van der Waals surface area (Å²) in [7, 11) is 1.90. The zero-order valence-corrected chi connectivity index (χ0v) is 12.7. The number of ether oxygens (including phenoxy) is 1. The van der Waals surface area contributed by atoms with Crippen LogP contribution in [-0.2, 0) is 18.2 Å². The molecule has 0 aliphatic carbocycles. The van der Waals surface area contributed by atoms with Crippen LogP contribution in [0.2, 0.25) is 5.02 Å². The zero-order valence-electron chi connectivity index (χ0n) is 11.9. The molecule has 1 aromatic heterocycles. The number of rotatable bonds is 4. The average molecular weight is 287 g/mol. The molecule has 1 aliphatic heterocycles. The number of likely N-dealkylation sites (N-methyl/N-ethyl adjacent to an activating group) is 1. The quantitative estimate of drug-likeness (QED) is 0.896. The normalized spacial score (nSPS) is 22.7. The Bertz CT molecular complexity index is 435. The predicted octanol–water partition coefficient (Wildman–Crippen LogP) is 0.972. The van der Waals surface area contributed by atoms with Crippen LogP contribution >= 0.6 is 11.6 Å². The highest BCUT2D eigenvalue weighted by atomic mass is 35.5. The summed E-state index contributed by atoms with van der Waals surface area (Å²) >= 11 is 6.26. The molecule has 0 saturated carbocycles. The Morgan fingerprint density at radius 1 is 1.58 bits per heavy atom. The Morgan fingerprint density at radius 3 is 2.89 bits per heavy atom. The summed E-state index contributed by atoms with van der Waals surface area (Å²) in [5.74, 6) is 0. The van der Waals surface area contributed by atoms with Gasteiger partial charge in [-0.25, -0.2) is 0 Å². The van der Waals surface area contributed by atoms with Gasteiger partial charge in [0.25, 0.3) is 0 Å². The summed E-state index contributed by atoms with van der Waals surface area (Å²) in [6, 6.07) is -0.0540. The number of hydrogen-bond donors (Lipinski definition) is 1. The summed E-state index contributed by atoms with van der Waals surface area (Å²) in [6.45, 7) is 7.75. The molecule has 2 unspecified atom stereocenters. The van der Waals surface area contributed by atoms with E-state index in [0.717, 1.165) is 42.7 Å². The maximum absolute atomic E-state index is 6.29. The predicted molar refractivity (Wildman–Crippen MR) is 76.5 cm³/mol. The summed E-state index contributed by atoms with van der Waals surface area (Å²) in [5, 5.41) is 5.04. The number of nitrogens with two attached hydrogens (primary N) is 1. The smallest absolute Gasteiger partial charge is 0.0856 e. The number of nitrogens with zero attached hydrogens (tertiary/aromatic N) is 3. The molecule has 1 aliphatic rings. The number of aromatic nitrogens is 2. The average Bonchev–Trinajstić information content (AvgIpc) is 2.65. The molecule has 0 bridgehead atoms. The van der Waals surface area contributed by atoms with Crippen molar-refractivity contribution in [3.63, 3.8) is 0 Å². The monoisotopic (exact) mass is 286 g/mol. The second-order valence-corrected chi connectivity index (χ2v) is 5.52. The lowest BCUT2D eigenvalue weighted by Crippen LogP contribution is -2.51. The Hall–Kier alpha value is -0.620. The van der Waals surface area contributed by atoms with E-state index in [1.54, 1.807) is 0 Å². The van der Waals surface area contributed by atoms with Crippen molar-refractivity contribution in [2.45, 2.75) is 32.4 Å². The Balaban J connectivity index is 2.02. The molecule has 1 fully saturated rings. The van der Waals surface area contributed by atoms with Crippen molar-refractivity contribution >= 4 is 11.6 Å². The van der Waals surface area contributed by atoms with Crippen molar-refractivity contribution in [2.75, 3.05) is 26.2 Å². The standard InChI is InChI=1S/C13H23ClN4O/c1-4-18-5-6-19-12(8-18)10(15)7-11-13(14)9(2)16-17(11)3/h10,12H,4-8,15H2,1-3H3. The fraction of sp³-hybridized carbons (Fsp3) is 0.769. The SMILES string of the molecule is CCN1CCOC(C(N)Cc2c(Cl)c(C)nn2C)C1. The third-order valence-electron chi connectivity index (χ3n) is 3.79. The lowest BCUT2D eigenvalue weighted by Gasteiger charge is -2.35. The molecule has 6 heteroatoms. The lowest BCUT2D eigenvalue weighted by atomic mass is 10.0. The largest absolute Gasteiger partial charge is 0.374 e. The third kappa shape index (κ3) is 3.28. The van der Waals surface area contributed by atoms with Gasteiger partial charge in [0.1, 0.15) is 0 Å². The summed E-state index contributed by atoms with van der Waals surface area (Å²) in [5.41, 5.74) is 8.14. The molecule has 2 N–H and O–H groups in total. The number of halogens is 1. The molecule has 2 rings (SSSR count). The summed E-state index contributed by atoms with van der Waals surface area (Å²) in [4.78, 5) is 2.37. The highest BCUT2D eigenvalue weighted by molar-refractivity contribution is 6.31. The molecular weight excluding hydrogens is 264 g/mol. The van der Waals surface area contributed by atoms with Gasteiger partial charge in [0, 0.05) is 32.6 Å². The van der Waals surface area contributed by atoms with E-state index in [4.69, 9.17) is 22.1 Å². The van der Waals surface area contributed by atoms with Crippen LogP contribution in [0.25, 0.3) is 0 Å². The molecule has 0 spiro atoms. The van der Waals surface area contributed by atoms with Crippen LogP contribution in [0.3, 0.4) is 0 Å². The van der Waals surface area contributed by atoms with Gasteiger partial charge >= 0.3 is 0 Å². The highest BCUT2D eigenvalue weighted by Crippen LogP contribution is 2.22.